The van der Waals surface area contributed by atoms with Crippen LogP contribution in [0.15, 0.2) is 59.6 Å². The number of fused-ring (bicyclic) bond motifs is 1. The molecule has 0 bridgehead atoms. The average molecular weight is 384 g/mol. The maximum Gasteiger partial charge on any atom is 0.321 e. The first-order valence-corrected chi connectivity index (χ1v) is 9.74. The molecule has 27 heavy (non-hydrogen) atoms. The molecule has 7 nitrogen and oxygen atoms in total. The maximum atomic E-state index is 13.0. The average Bonchev–Trinajstić information content (AvgIpc) is 2.66. The number of rotatable bonds is 4. The highest BCUT2D eigenvalue weighted by Crippen LogP contribution is 2.27. The largest absolute Gasteiger partial charge is 0.341 e. The number of anilines is 2. The van der Waals surface area contributed by atoms with Crippen molar-refractivity contribution in [2.45, 2.75) is 11.8 Å². The standard InChI is InChI=1S/C19H20N4O3S/c1-13-6-7-14-5-4-12-21-17(14)18(13)27(25,26)22-15-8-10-16(11-9-15)23(3)19(24)20-2/h4-12,22H,1-3H3,(H,20,24). The zero-order chi connectivity index (χ0) is 19.6. The number of nitrogens with one attached hydrogen (secondary N) is 2. The molecule has 0 saturated heterocycles. The lowest BCUT2D eigenvalue weighted by molar-refractivity contribution is 0.249. The van der Waals surface area contributed by atoms with Gasteiger partial charge >= 0.3 is 6.03 Å². The molecule has 140 valence electrons. The second-order valence-electron chi connectivity index (χ2n) is 6.05. The van der Waals surface area contributed by atoms with Crippen molar-refractivity contribution in [1.29, 1.82) is 0 Å². The number of nitrogens with zero attached hydrogens (tertiary/aromatic N) is 2. The van der Waals surface area contributed by atoms with Gasteiger partial charge in [-0.15, -0.1) is 0 Å². The second-order valence-corrected chi connectivity index (χ2v) is 7.67. The van der Waals surface area contributed by atoms with E-state index in [0.717, 1.165) is 5.39 Å². The van der Waals surface area contributed by atoms with Crippen LogP contribution >= 0.6 is 0 Å². The third-order valence-corrected chi connectivity index (χ3v) is 5.78. The van der Waals surface area contributed by atoms with Crippen molar-refractivity contribution in [2.24, 2.45) is 0 Å². The van der Waals surface area contributed by atoms with Gasteiger partial charge < -0.3 is 5.32 Å². The number of hydrogen-bond donors (Lipinski definition) is 2. The minimum atomic E-state index is -3.83. The minimum absolute atomic E-state index is 0.159. The summed E-state index contributed by atoms with van der Waals surface area (Å²) in [6.07, 6.45) is 1.57. The van der Waals surface area contributed by atoms with Crippen LogP contribution in [0, 0.1) is 6.92 Å². The number of carbonyl (C=O) groups is 1. The first kappa shape index (κ1) is 18.7. The molecule has 2 aromatic carbocycles. The van der Waals surface area contributed by atoms with Gasteiger partial charge in [0, 0.05) is 37.1 Å². The second kappa shape index (κ2) is 7.24. The molecule has 0 aliphatic heterocycles. The smallest absolute Gasteiger partial charge is 0.321 e. The van der Waals surface area contributed by atoms with Crippen molar-refractivity contribution in [3.05, 3.63) is 60.3 Å². The van der Waals surface area contributed by atoms with Gasteiger partial charge in [-0.1, -0.05) is 18.2 Å². The lowest BCUT2D eigenvalue weighted by Crippen LogP contribution is -2.34. The molecule has 0 spiro atoms. The zero-order valence-electron chi connectivity index (χ0n) is 15.2. The van der Waals surface area contributed by atoms with E-state index in [-0.39, 0.29) is 10.9 Å². The van der Waals surface area contributed by atoms with E-state index < -0.39 is 10.0 Å². The Morgan fingerprint density at radius 1 is 1.07 bits per heavy atom. The fourth-order valence-corrected chi connectivity index (χ4v) is 4.27. The van der Waals surface area contributed by atoms with Crippen molar-refractivity contribution >= 4 is 38.3 Å². The molecule has 3 aromatic rings. The van der Waals surface area contributed by atoms with Crippen LogP contribution in [0.1, 0.15) is 5.56 Å². The van der Waals surface area contributed by atoms with Gasteiger partial charge in [0.25, 0.3) is 10.0 Å². The van der Waals surface area contributed by atoms with Crippen LogP contribution in [-0.2, 0) is 10.0 Å². The summed E-state index contributed by atoms with van der Waals surface area (Å²) in [6.45, 7) is 1.74. The van der Waals surface area contributed by atoms with Crippen molar-refractivity contribution in [2.75, 3.05) is 23.7 Å². The highest BCUT2D eigenvalue weighted by Gasteiger charge is 2.21. The molecule has 0 atom stereocenters. The molecule has 0 aliphatic carbocycles. The number of sulfonamides is 1. The van der Waals surface area contributed by atoms with Crippen molar-refractivity contribution in [3.8, 4) is 0 Å². The van der Waals surface area contributed by atoms with E-state index in [4.69, 9.17) is 0 Å². The summed E-state index contributed by atoms with van der Waals surface area (Å²) in [4.78, 5) is 17.5. The van der Waals surface area contributed by atoms with Crippen molar-refractivity contribution in [3.63, 3.8) is 0 Å². The van der Waals surface area contributed by atoms with Gasteiger partial charge in [0.05, 0.1) is 5.52 Å². The highest BCUT2D eigenvalue weighted by atomic mass is 32.2. The molecule has 0 saturated carbocycles. The third kappa shape index (κ3) is 3.70. The predicted molar refractivity (Wildman–Crippen MR) is 107 cm³/mol. The Morgan fingerprint density at radius 3 is 2.44 bits per heavy atom. The summed E-state index contributed by atoms with van der Waals surface area (Å²) >= 11 is 0. The van der Waals surface area contributed by atoms with Crippen LogP contribution in [0.5, 0.6) is 0 Å². The molecule has 0 fully saturated rings. The molecule has 1 heterocycles. The van der Waals surface area contributed by atoms with Gasteiger partial charge in [0.15, 0.2) is 0 Å². The third-order valence-electron chi connectivity index (χ3n) is 4.22. The Balaban J connectivity index is 1.94. The molecule has 2 N–H and O–H groups in total. The van der Waals surface area contributed by atoms with Gasteiger partial charge in [-0.25, -0.2) is 13.2 Å². The van der Waals surface area contributed by atoms with Crippen molar-refractivity contribution in [1.82, 2.24) is 10.3 Å². The molecule has 8 heteroatoms. The number of carbonyl (C=O) groups excluding carboxylic acids is 1. The van der Waals surface area contributed by atoms with E-state index in [1.54, 1.807) is 63.6 Å². The molecular weight excluding hydrogens is 364 g/mol. The number of aromatic nitrogens is 1. The lowest BCUT2D eigenvalue weighted by atomic mass is 10.1. The van der Waals surface area contributed by atoms with E-state index in [0.29, 0.717) is 22.5 Å². The van der Waals surface area contributed by atoms with Crippen LogP contribution in [0.2, 0.25) is 0 Å². The normalized spacial score (nSPS) is 11.2. The monoisotopic (exact) mass is 384 g/mol. The molecule has 1 aromatic heterocycles. The number of aryl methyl sites for hydroxylation is 1. The molecule has 3 rings (SSSR count). The quantitative estimate of drug-likeness (QED) is 0.723. The fraction of sp³-hybridized carbons (Fsp3) is 0.158. The first-order chi connectivity index (χ1) is 12.8. The number of hydrogen-bond acceptors (Lipinski definition) is 4. The van der Waals surface area contributed by atoms with Crippen molar-refractivity contribution < 1.29 is 13.2 Å². The van der Waals surface area contributed by atoms with Gasteiger partial charge in [0.2, 0.25) is 0 Å². The molecular formula is C19H20N4O3S. The van der Waals surface area contributed by atoms with Gasteiger partial charge in [-0.2, -0.15) is 0 Å². The van der Waals surface area contributed by atoms with Gasteiger partial charge in [-0.05, 0) is 42.8 Å². The first-order valence-electron chi connectivity index (χ1n) is 8.26. The van der Waals surface area contributed by atoms with Crippen LogP contribution in [0.25, 0.3) is 10.9 Å². The summed E-state index contributed by atoms with van der Waals surface area (Å²) < 4.78 is 28.6. The number of pyridine rings is 1. The topological polar surface area (TPSA) is 91.4 Å². The summed E-state index contributed by atoms with van der Waals surface area (Å²) in [5.74, 6) is 0. The molecule has 0 aliphatic rings. The fourth-order valence-electron chi connectivity index (χ4n) is 2.80. The van der Waals surface area contributed by atoms with Crippen LogP contribution in [0.4, 0.5) is 16.2 Å². The minimum Gasteiger partial charge on any atom is -0.341 e. The lowest BCUT2D eigenvalue weighted by Gasteiger charge is -2.17. The Morgan fingerprint density at radius 2 is 1.78 bits per heavy atom. The van der Waals surface area contributed by atoms with Gasteiger partial charge in [-0.3, -0.25) is 14.6 Å². The van der Waals surface area contributed by atoms with E-state index in [9.17, 15) is 13.2 Å². The maximum absolute atomic E-state index is 13.0. The predicted octanol–water partition coefficient (Wildman–Crippen LogP) is 3.12. The Labute approximate surface area is 158 Å². The summed E-state index contributed by atoms with van der Waals surface area (Å²) in [5, 5.41) is 3.28. The van der Waals surface area contributed by atoms with E-state index in [1.807, 2.05) is 12.1 Å². The Kier molecular flexibility index (Phi) is 5.00. The van der Waals surface area contributed by atoms with E-state index >= 15 is 0 Å². The number of benzene rings is 2. The highest BCUT2D eigenvalue weighted by molar-refractivity contribution is 7.93. The molecule has 2 amide bonds. The Hall–Kier alpha value is -3.13. The van der Waals surface area contributed by atoms with Crippen LogP contribution in [-0.4, -0.2) is 33.5 Å². The van der Waals surface area contributed by atoms with Gasteiger partial charge in [0.1, 0.15) is 4.90 Å². The SMILES string of the molecule is CNC(=O)N(C)c1ccc(NS(=O)(=O)c2c(C)ccc3cccnc23)cc1. The molecule has 0 unspecified atom stereocenters. The molecule has 0 radical (unpaired) electrons. The zero-order valence-corrected chi connectivity index (χ0v) is 16.0. The van der Waals surface area contributed by atoms with Crippen LogP contribution in [0.3, 0.4) is 0 Å². The number of amides is 2. The summed E-state index contributed by atoms with van der Waals surface area (Å²) in [6, 6.07) is 13.5. The summed E-state index contributed by atoms with van der Waals surface area (Å²) in [7, 11) is -0.658. The Bertz CT molecular complexity index is 1100. The van der Waals surface area contributed by atoms with E-state index in [2.05, 4.69) is 15.0 Å². The van der Waals surface area contributed by atoms with E-state index in [1.165, 1.54) is 4.90 Å². The summed E-state index contributed by atoms with van der Waals surface area (Å²) in [5.41, 5.74) is 2.09. The van der Waals surface area contributed by atoms with Crippen LogP contribution < -0.4 is 14.9 Å². The number of urea groups is 1.